The van der Waals surface area contributed by atoms with Gasteiger partial charge in [-0.2, -0.15) is 0 Å². The van der Waals surface area contributed by atoms with Crippen LogP contribution in [0.25, 0.3) is 0 Å². The topological polar surface area (TPSA) is 67.2 Å². The molecule has 0 atom stereocenters. The summed E-state index contributed by atoms with van der Waals surface area (Å²) in [6, 6.07) is 7.26. The molecule has 0 saturated carbocycles. The number of carbonyl (C=O) groups excluding carboxylic acids is 1. The molecule has 0 aliphatic rings. The van der Waals surface area contributed by atoms with Crippen molar-refractivity contribution in [2.75, 3.05) is 11.9 Å². The van der Waals surface area contributed by atoms with Gasteiger partial charge in [0.25, 0.3) is 0 Å². The molecule has 0 heterocycles. The van der Waals surface area contributed by atoms with Gasteiger partial charge in [0.15, 0.2) is 0 Å². The summed E-state index contributed by atoms with van der Waals surface area (Å²) < 4.78 is 0. The van der Waals surface area contributed by atoms with E-state index in [-0.39, 0.29) is 18.4 Å². The molecule has 0 aromatic heterocycles. The summed E-state index contributed by atoms with van der Waals surface area (Å²) in [5.74, 6) is 0. The van der Waals surface area contributed by atoms with Crippen molar-refractivity contribution in [3.05, 3.63) is 29.8 Å². The minimum absolute atomic E-state index is 0. The first-order valence-corrected chi connectivity index (χ1v) is 4.60. The summed E-state index contributed by atoms with van der Waals surface area (Å²) >= 11 is 0. The van der Waals surface area contributed by atoms with E-state index in [0.29, 0.717) is 13.1 Å². The van der Waals surface area contributed by atoms with Crippen molar-refractivity contribution in [1.29, 1.82) is 0 Å². The Balaban J connectivity index is 0.00000196. The summed E-state index contributed by atoms with van der Waals surface area (Å²) in [6.07, 6.45) is 0. The maximum absolute atomic E-state index is 11.1. The van der Waals surface area contributed by atoms with Gasteiger partial charge in [-0.3, -0.25) is 0 Å². The summed E-state index contributed by atoms with van der Waals surface area (Å²) in [5, 5.41) is 5.35. The lowest BCUT2D eigenvalue weighted by Crippen LogP contribution is -2.28. The number of hydrogen-bond donors (Lipinski definition) is 3. The van der Waals surface area contributed by atoms with Crippen LogP contribution >= 0.6 is 12.4 Å². The summed E-state index contributed by atoms with van der Waals surface area (Å²) in [4.78, 5) is 11.1. The maximum atomic E-state index is 11.1. The lowest BCUT2D eigenvalue weighted by atomic mass is 10.2. The smallest absolute Gasteiger partial charge is 0.319 e. The van der Waals surface area contributed by atoms with Crippen LogP contribution in [0.4, 0.5) is 10.5 Å². The Kier molecular flexibility index (Phi) is 6.49. The number of urea groups is 1. The molecule has 2 amide bonds. The number of carbonyl (C=O) groups is 1. The molecule has 1 aromatic rings. The Bertz CT molecular complexity index is 300. The van der Waals surface area contributed by atoms with Crippen LogP contribution in [0.5, 0.6) is 0 Å². The van der Waals surface area contributed by atoms with Crippen LogP contribution in [0.2, 0.25) is 0 Å². The molecule has 4 N–H and O–H groups in total. The Morgan fingerprint density at radius 2 is 1.93 bits per heavy atom. The second kappa shape index (κ2) is 7.09. The molecule has 5 heteroatoms. The van der Waals surface area contributed by atoms with Crippen LogP contribution in [0.1, 0.15) is 12.5 Å². The fourth-order valence-electron chi connectivity index (χ4n) is 1.06. The largest absolute Gasteiger partial charge is 0.338 e. The number of halogens is 1. The number of benzene rings is 1. The van der Waals surface area contributed by atoms with Crippen molar-refractivity contribution in [3.63, 3.8) is 0 Å². The van der Waals surface area contributed by atoms with Crippen LogP contribution in [0, 0.1) is 0 Å². The van der Waals surface area contributed by atoms with Gasteiger partial charge in [-0.15, -0.1) is 12.4 Å². The van der Waals surface area contributed by atoms with E-state index in [4.69, 9.17) is 5.73 Å². The van der Waals surface area contributed by atoms with Gasteiger partial charge in [-0.05, 0) is 24.6 Å². The molecule has 0 radical (unpaired) electrons. The Hall–Kier alpha value is -1.26. The van der Waals surface area contributed by atoms with E-state index in [9.17, 15) is 4.79 Å². The number of nitrogens with two attached hydrogens (primary N) is 1. The van der Waals surface area contributed by atoms with Crippen LogP contribution in [-0.4, -0.2) is 12.6 Å². The van der Waals surface area contributed by atoms with Crippen molar-refractivity contribution >= 4 is 24.1 Å². The molecule has 0 unspecified atom stereocenters. The first-order valence-electron chi connectivity index (χ1n) is 4.60. The van der Waals surface area contributed by atoms with Crippen LogP contribution in [0.15, 0.2) is 24.3 Å². The molecule has 15 heavy (non-hydrogen) atoms. The predicted molar refractivity (Wildman–Crippen MR) is 64.3 cm³/mol. The number of rotatable bonds is 3. The van der Waals surface area contributed by atoms with E-state index in [1.165, 1.54) is 0 Å². The molecule has 0 spiro atoms. The molecule has 0 bridgehead atoms. The van der Waals surface area contributed by atoms with Gasteiger partial charge in [0.1, 0.15) is 0 Å². The molecule has 0 aliphatic heterocycles. The van der Waals surface area contributed by atoms with E-state index >= 15 is 0 Å². The first-order chi connectivity index (χ1) is 6.76. The van der Waals surface area contributed by atoms with Crippen LogP contribution in [-0.2, 0) is 6.54 Å². The third-order valence-electron chi connectivity index (χ3n) is 1.78. The van der Waals surface area contributed by atoms with Crippen molar-refractivity contribution in [2.45, 2.75) is 13.5 Å². The molecular formula is C10H16ClN3O. The van der Waals surface area contributed by atoms with E-state index in [1.807, 2.05) is 31.2 Å². The number of nitrogens with one attached hydrogen (secondary N) is 2. The third kappa shape index (κ3) is 4.67. The molecule has 84 valence electrons. The van der Waals surface area contributed by atoms with Gasteiger partial charge in [-0.1, -0.05) is 12.1 Å². The number of amides is 2. The highest BCUT2D eigenvalue weighted by Crippen LogP contribution is 2.08. The highest BCUT2D eigenvalue weighted by Gasteiger charge is 1.98. The van der Waals surface area contributed by atoms with Gasteiger partial charge < -0.3 is 16.4 Å². The number of hydrogen-bond acceptors (Lipinski definition) is 2. The zero-order valence-corrected chi connectivity index (χ0v) is 9.43. The molecule has 0 saturated heterocycles. The quantitative estimate of drug-likeness (QED) is 0.739. The van der Waals surface area contributed by atoms with Crippen LogP contribution in [0.3, 0.4) is 0 Å². The van der Waals surface area contributed by atoms with E-state index in [2.05, 4.69) is 10.6 Å². The van der Waals surface area contributed by atoms with Gasteiger partial charge in [0.05, 0.1) is 0 Å². The second-order valence-corrected chi connectivity index (χ2v) is 2.89. The summed E-state index contributed by atoms with van der Waals surface area (Å²) in [7, 11) is 0. The fourth-order valence-corrected chi connectivity index (χ4v) is 1.06. The lowest BCUT2D eigenvalue weighted by molar-refractivity contribution is 0.252. The van der Waals surface area contributed by atoms with Crippen LogP contribution < -0.4 is 16.4 Å². The minimum Gasteiger partial charge on any atom is -0.338 e. The second-order valence-electron chi connectivity index (χ2n) is 2.89. The molecular weight excluding hydrogens is 214 g/mol. The molecule has 0 aliphatic carbocycles. The highest BCUT2D eigenvalue weighted by molar-refractivity contribution is 5.89. The normalized spacial score (nSPS) is 8.93. The van der Waals surface area contributed by atoms with Crippen molar-refractivity contribution < 1.29 is 4.79 Å². The minimum atomic E-state index is -0.187. The first kappa shape index (κ1) is 13.7. The SMILES string of the molecule is CCNC(=O)Nc1ccc(CN)cc1.Cl. The predicted octanol–water partition coefficient (Wildman–Crippen LogP) is 1.71. The van der Waals surface area contributed by atoms with Crippen molar-refractivity contribution in [1.82, 2.24) is 5.32 Å². The average molecular weight is 230 g/mol. The van der Waals surface area contributed by atoms with Crippen molar-refractivity contribution in [3.8, 4) is 0 Å². The van der Waals surface area contributed by atoms with Gasteiger partial charge in [-0.25, -0.2) is 4.79 Å². The van der Waals surface area contributed by atoms with Gasteiger partial charge in [0.2, 0.25) is 0 Å². The highest BCUT2D eigenvalue weighted by atomic mass is 35.5. The average Bonchev–Trinajstić information content (AvgIpc) is 2.19. The Morgan fingerprint density at radius 3 is 2.40 bits per heavy atom. The summed E-state index contributed by atoms with van der Waals surface area (Å²) in [5.41, 5.74) is 7.27. The third-order valence-corrected chi connectivity index (χ3v) is 1.78. The zero-order valence-electron chi connectivity index (χ0n) is 8.62. The number of anilines is 1. The standard InChI is InChI=1S/C10H15N3O.ClH/c1-2-12-10(14)13-9-5-3-8(7-11)4-6-9;/h3-6H,2,7,11H2,1H3,(H2,12,13,14);1H. The van der Waals surface area contributed by atoms with Crippen molar-refractivity contribution in [2.24, 2.45) is 5.73 Å². The van der Waals surface area contributed by atoms with Gasteiger partial charge >= 0.3 is 6.03 Å². The maximum Gasteiger partial charge on any atom is 0.319 e. The molecule has 4 nitrogen and oxygen atoms in total. The molecule has 1 aromatic carbocycles. The van der Waals surface area contributed by atoms with Gasteiger partial charge in [0, 0.05) is 18.8 Å². The zero-order chi connectivity index (χ0) is 10.4. The lowest BCUT2D eigenvalue weighted by Gasteiger charge is -2.05. The summed E-state index contributed by atoms with van der Waals surface area (Å²) in [6.45, 7) is 3.01. The van der Waals surface area contributed by atoms with E-state index in [0.717, 1.165) is 11.3 Å². The monoisotopic (exact) mass is 229 g/mol. The fraction of sp³-hybridized carbons (Fsp3) is 0.300. The van der Waals surface area contributed by atoms with E-state index in [1.54, 1.807) is 0 Å². The Morgan fingerprint density at radius 1 is 1.33 bits per heavy atom. The molecule has 0 fully saturated rings. The Labute approximate surface area is 95.6 Å². The molecule has 1 rings (SSSR count). The van der Waals surface area contributed by atoms with E-state index < -0.39 is 0 Å².